The second-order valence-corrected chi connectivity index (χ2v) is 18.8. The van der Waals surface area contributed by atoms with E-state index in [9.17, 15) is 0 Å². The Morgan fingerprint density at radius 3 is 1.00 bits per heavy atom. The summed E-state index contributed by atoms with van der Waals surface area (Å²) in [6.45, 7) is 17.2. The fraction of sp³-hybridized carbons (Fsp3) is 0.833. The van der Waals surface area contributed by atoms with E-state index < -0.39 is 14.8 Å². The molecule has 0 saturated heterocycles. The summed E-state index contributed by atoms with van der Waals surface area (Å²) in [4.78, 5) is 0. The van der Waals surface area contributed by atoms with Gasteiger partial charge >= 0.3 is 0 Å². The van der Waals surface area contributed by atoms with Crippen molar-refractivity contribution in [3.8, 4) is 11.1 Å². The fourth-order valence-corrected chi connectivity index (χ4v) is 4.09. The van der Waals surface area contributed by atoms with Crippen LogP contribution < -0.4 is 0 Å². The molecular weight excluding hydrogens is 271 g/mol. The molecule has 0 N–H and O–H groups in total. The van der Waals surface area contributed by atoms with Gasteiger partial charge in [-0.05, 0) is 23.2 Å². The predicted octanol–water partition coefficient (Wildman–Crippen LogP) is 5.30. The number of hydrogen-bond donors (Lipinski definition) is 0. The molecule has 0 aliphatic carbocycles. The second-order valence-electron chi connectivity index (χ2n) is 6.76. The van der Waals surface area contributed by atoms with Gasteiger partial charge in [0.15, 0.2) is 0 Å². The topological polar surface area (TPSA) is 0 Å². The van der Waals surface area contributed by atoms with Crippen LogP contribution in [0.15, 0.2) is 0 Å². The normalized spacial score (nSPS) is 20.4. The van der Waals surface area contributed by atoms with Crippen molar-refractivity contribution in [2.45, 2.75) is 64.7 Å². The largest absolute Gasteiger partial charge is 0.235 e. The monoisotopic (exact) mass is 294 g/mol. The van der Waals surface area contributed by atoms with Crippen LogP contribution in [0.3, 0.4) is 0 Å². The highest BCUT2D eigenvalue weighted by molar-refractivity contribution is 7.29. The van der Waals surface area contributed by atoms with Gasteiger partial charge in [0, 0.05) is 0 Å². The summed E-state index contributed by atoms with van der Waals surface area (Å²) < 4.78 is 0. The summed E-state index contributed by atoms with van der Waals surface area (Å²) >= 11 is 13.2. The SMILES string of the molecule is CC(C)(C)[Si](C)(Cl)C#C[Si](C)(Cl)C(C)(C)C. The lowest BCUT2D eigenvalue weighted by Crippen LogP contribution is -2.37. The molecule has 2 atom stereocenters. The fourth-order valence-electron chi connectivity index (χ4n) is 0.610. The van der Waals surface area contributed by atoms with Gasteiger partial charge in [-0.2, -0.15) is 0 Å². The Labute approximate surface area is 113 Å². The summed E-state index contributed by atoms with van der Waals surface area (Å²) in [6.07, 6.45) is 0. The van der Waals surface area contributed by atoms with Gasteiger partial charge in [0.2, 0.25) is 14.8 Å². The maximum atomic E-state index is 6.60. The standard InChI is InChI=1S/C12H24Cl2Si2/c1-11(2,3)15(7,13)9-10-16(8,14)12(4,5)6/h1-8H3. The van der Waals surface area contributed by atoms with E-state index in [-0.39, 0.29) is 10.1 Å². The summed E-state index contributed by atoms with van der Waals surface area (Å²) in [5, 5.41) is 0.168. The van der Waals surface area contributed by atoms with Crippen LogP contribution in [0.1, 0.15) is 41.5 Å². The van der Waals surface area contributed by atoms with E-state index >= 15 is 0 Å². The molecule has 16 heavy (non-hydrogen) atoms. The first kappa shape index (κ1) is 16.6. The molecule has 0 radical (unpaired) electrons. The molecule has 0 aliphatic heterocycles. The molecule has 0 rings (SSSR count). The van der Waals surface area contributed by atoms with Gasteiger partial charge < -0.3 is 0 Å². The third-order valence-corrected chi connectivity index (χ3v) is 14.4. The van der Waals surface area contributed by atoms with Gasteiger partial charge in [-0.25, -0.2) is 0 Å². The van der Waals surface area contributed by atoms with E-state index in [1.165, 1.54) is 0 Å². The van der Waals surface area contributed by atoms with Crippen LogP contribution in [0.5, 0.6) is 0 Å². The maximum Gasteiger partial charge on any atom is 0.235 e. The summed E-state index contributed by atoms with van der Waals surface area (Å²) in [5.41, 5.74) is 6.66. The zero-order valence-corrected chi connectivity index (χ0v) is 15.3. The highest BCUT2D eigenvalue weighted by atomic mass is 35.6. The van der Waals surface area contributed by atoms with Gasteiger partial charge in [-0.15, -0.1) is 33.2 Å². The number of rotatable bonds is 0. The predicted molar refractivity (Wildman–Crippen MR) is 82.1 cm³/mol. The van der Waals surface area contributed by atoms with Gasteiger partial charge in [0.25, 0.3) is 0 Å². The molecule has 4 heteroatoms. The minimum Gasteiger partial charge on any atom is -0.150 e. The van der Waals surface area contributed by atoms with E-state index in [4.69, 9.17) is 22.2 Å². The van der Waals surface area contributed by atoms with Crippen molar-refractivity contribution in [1.29, 1.82) is 0 Å². The third kappa shape index (κ3) is 4.11. The van der Waals surface area contributed by atoms with Crippen molar-refractivity contribution in [2.24, 2.45) is 0 Å². The molecule has 0 aromatic heterocycles. The molecule has 0 fully saturated rings. The Kier molecular flexibility index (Phi) is 4.85. The molecule has 0 aromatic carbocycles. The van der Waals surface area contributed by atoms with E-state index in [0.29, 0.717) is 0 Å². The minimum atomic E-state index is -2.03. The number of hydrogen-bond acceptors (Lipinski definition) is 0. The van der Waals surface area contributed by atoms with Crippen molar-refractivity contribution in [2.75, 3.05) is 0 Å². The first-order chi connectivity index (χ1) is 6.71. The Morgan fingerprint density at radius 2 is 0.875 bits per heavy atom. The molecule has 0 saturated carbocycles. The third-order valence-electron chi connectivity index (χ3n) is 3.35. The minimum absolute atomic E-state index is 0.0841. The average molecular weight is 295 g/mol. The maximum absolute atomic E-state index is 6.60. The highest BCUT2D eigenvalue weighted by Gasteiger charge is 2.40. The number of halogens is 2. The van der Waals surface area contributed by atoms with Crippen LogP contribution in [-0.2, 0) is 0 Å². The molecule has 94 valence electrons. The lowest BCUT2D eigenvalue weighted by atomic mass is 10.2. The quantitative estimate of drug-likeness (QED) is 0.323. The Morgan fingerprint density at radius 1 is 0.688 bits per heavy atom. The van der Waals surface area contributed by atoms with Crippen molar-refractivity contribution in [1.82, 2.24) is 0 Å². The van der Waals surface area contributed by atoms with Gasteiger partial charge in [0.1, 0.15) is 0 Å². The smallest absolute Gasteiger partial charge is 0.150 e. The zero-order chi connectivity index (χ0) is 13.4. The first-order valence-corrected chi connectivity index (χ1v) is 12.7. The van der Waals surface area contributed by atoms with Gasteiger partial charge in [-0.3, -0.25) is 0 Å². The Bertz CT molecular complexity index is 279. The van der Waals surface area contributed by atoms with Crippen LogP contribution in [0.25, 0.3) is 0 Å². The van der Waals surface area contributed by atoms with E-state index in [1.807, 2.05) is 0 Å². The van der Waals surface area contributed by atoms with E-state index in [1.54, 1.807) is 0 Å². The second kappa shape index (κ2) is 4.68. The van der Waals surface area contributed by atoms with Gasteiger partial charge in [0.05, 0.1) is 0 Å². The van der Waals surface area contributed by atoms with Crippen LogP contribution in [0, 0.1) is 11.1 Å². The summed E-state index contributed by atoms with van der Waals surface area (Å²) in [5.74, 6) is 0. The van der Waals surface area contributed by atoms with Crippen molar-refractivity contribution >= 4 is 36.9 Å². The van der Waals surface area contributed by atoms with Crippen LogP contribution >= 0.6 is 22.2 Å². The van der Waals surface area contributed by atoms with E-state index in [2.05, 4.69) is 65.7 Å². The Hall–Kier alpha value is 0.574. The van der Waals surface area contributed by atoms with Crippen LogP contribution in [-0.4, -0.2) is 14.8 Å². The summed E-state index contributed by atoms with van der Waals surface area (Å²) in [6, 6.07) is 0. The summed E-state index contributed by atoms with van der Waals surface area (Å²) in [7, 11) is -4.06. The van der Waals surface area contributed by atoms with Crippen LogP contribution in [0.4, 0.5) is 0 Å². The highest BCUT2D eigenvalue weighted by Crippen LogP contribution is 2.41. The molecule has 0 spiro atoms. The lowest BCUT2D eigenvalue weighted by Gasteiger charge is -2.31. The lowest BCUT2D eigenvalue weighted by molar-refractivity contribution is 0.739. The molecule has 0 aliphatic rings. The van der Waals surface area contributed by atoms with Crippen LogP contribution in [0.2, 0.25) is 23.2 Å². The van der Waals surface area contributed by atoms with Crippen molar-refractivity contribution in [3.05, 3.63) is 0 Å². The average Bonchev–Trinajstić information content (AvgIpc) is 1.97. The van der Waals surface area contributed by atoms with E-state index in [0.717, 1.165) is 0 Å². The Balaban J connectivity index is 5.17. The first-order valence-electron chi connectivity index (χ1n) is 5.63. The molecule has 0 nitrogen and oxygen atoms in total. The molecule has 0 aromatic rings. The molecule has 0 amide bonds. The zero-order valence-electron chi connectivity index (χ0n) is 11.8. The van der Waals surface area contributed by atoms with Gasteiger partial charge in [-0.1, -0.05) is 41.5 Å². The molecule has 0 bridgehead atoms. The molecule has 0 heterocycles. The molecule has 2 unspecified atom stereocenters. The van der Waals surface area contributed by atoms with Crippen molar-refractivity contribution < 1.29 is 0 Å². The molecular formula is C12H24Cl2Si2. The van der Waals surface area contributed by atoms with Crippen molar-refractivity contribution in [3.63, 3.8) is 0 Å².